The Kier molecular flexibility index (Phi) is 2.55. The average molecular weight is 158 g/mol. The molecular formula is C9H18O2. The first-order valence-electron chi connectivity index (χ1n) is 4.33. The molecule has 1 aliphatic heterocycles. The van der Waals surface area contributed by atoms with Crippen LogP contribution in [0.5, 0.6) is 0 Å². The smallest absolute Gasteiger partial charge is 0.163 e. The van der Waals surface area contributed by atoms with Crippen molar-refractivity contribution in [3.05, 3.63) is 0 Å². The van der Waals surface area contributed by atoms with Gasteiger partial charge >= 0.3 is 0 Å². The molecule has 1 heterocycles. The van der Waals surface area contributed by atoms with Crippen LogP contribution < -0.4 is 0 Å². The first kappa shape index (κ1) is 9.01. The number of hydrogen-bond acceptors (Lipinski definition) is 2. The summed E-state index contributed by atoms with van der Waals surface area (Å²) in [6.07, 6.45) is 1.41. The summed E-state index contributed by atoms with van der Waals surface area (Å²) >= 11 is 0. The van der Waals surface area contributed by atoms with Gasteiger partial charge in [0.1, 0.15) is 0 Å². The number of ether oxygens (including phenoxy) is 2. The lowest BCUT2D eigenvalue weighted by molar-refractivity contribution is -0.222. The number of rotatable bonds is 0. The topological polar surface area (TPSA) is 18.5 Å². The SMILES string of the molecule is CC1CCOC(C)(C)OC1C. The molecule has 0 aliphatic carbocycles. The van der Waals surface area contributed by atoms with Crippen molar-refractivity contribution in [3.8, 4) is 0 Å². The normalized spacial score (nSPS) is 38.2. The van der Waals surface area contributed by atoms with Crippen LogP contribution in [-0.2, 0) is 9.47 Å². The molecule has 2 heteroatoms. The Labute approximate surface area is 68.9 Å². The van der Waals surface area contributed by atoms with Gasteiger partial charge < -0.3 is 9.47 Å². The van der Waals surface area contributed by atoms with Crippen LogP contribution in [0.3, 0.4) is 0 Å². The summed E-state index contributed by atoms with van der Waals surface area (Å²) in [5, 5.41) is 0. The molecule has 0 aromatic heterocycles. The van der Waals surface area contributed by atoms with Gasteiger partial charge in [-0.2, -0.15) is 0 Å². The molecule has 0 amide bonds. The van der Waals surface area contributed by atoms with Crippen molar-refractivity contribution in [3.63, 3.8) is 0 Å². The summed E-state index contributed by atoms with van der Waals surface area (Å²) in [7, 11) is 0. The Morgan fingerprint density at radius 3 is 2.55 bits per heavy atom. The van der Waals surface area contributed by atoms with Crippen molar-refractivity contribution >= 4 is 0 Å². The minimum atomic E-state index is -0.385. The highest BCUT2D eigenvalue weighted by Crippen LogP contribution is 2.24. The lowest BCUT2D eigenvalue weighted by atomic mass is 10.0. The van der Waals surface area contributed by atoms with E-state index in [4.69, 9.17) is 9.47 Å². The fraction of sp³-hybridized carbons (Fsp3) is 1.00. The van der Waals surface area contributed by atoms with Crippen molar-refractivity contribution in [1.29, 1.82) is 0 Å². The molecule has 0 bridgehead atoms. The third-order valence-electron chi connectivity index (χ3n) is 2.29. The van der Waals surface area contributed by atoms with E-state index < -0.39 is 0 Å². The van der Waals surface area contributed by atoms with E-state index in [9.17, 15) is 0 Å². The van der Waals surface area contributed by atoms with Gasteiger partial charge in [0.25, 0.3) is 0 Å². The predicted octanol–water partition coefficient (Wildman–Crippen LogP) is 2.18. The maximum absolute atomic E-state index is 5.69. The van der Waals surface area contributed by atoms with Gasteiger partial charge in [-0.3, -0.25) is 0 Å². The van der Waals surface area contributed by atoms with Crippen molar-refractivity contribution in [2.24, 2.45) is 5.92 Å². The first-order chi connectivity index (χ1) is 5.01. The molecule has 0 saturated carbocycles. The van der Waals surface area contributed by atoms with Gasteiger partial charge in [0, 0.05) is 0 Å². The van der Waals surface area contributed by atoms with E-state index in [1.807, 2.05) is 13.8 Å². The van der Waals surface area contributed by atoms with Crippen molar-refractivity contribution in [2.45, 2.75) is 46.0 Å². The predicted molar refractivity (Wildman–Crippen MR) is 44.4 cm³/mol. The van der Waals surface area contributed by atoms with Crippen LogP contribution in [0.4, 0.5) is 0 Å². The third-order valence-corrected chi connectivity index (χ3v) is 2.29. The van der Waals surface area contributed by atoms with Gasteiger partial charge in [0.15, 0.2) is 5.79 Å². The fourth-order valence-corrected chi connectivity index (χ4v) is 1.32. The maximum atomic E-state index is 5.69. The van der Waals surface area contributed by atoms with Gasteiger partial charge in [-0.15, -0.1) is 0 Å². The Hall–Kier alpha value is -0.0800. The summed E-state index contributed by atoms with van der Waals surface area (Å²) in [4.78, 5) is 0. The van der Waals surface area contributed by atoms with E-state index in [1.54, 1.807) is 0 Å². The van der Waals surface area contributed by atoms with Gasteiger partial charge in [-0.1, -0.05) is 6.92 Å². The largest absolute Gasteiger partial charge is 0.351 e. The molecule has 1 aliphatic rings. The highest BCUT2D eigenvalue weighted by Gasteiger charge is 2.28. The first-order valence-corrected chi connectivity index (χ1v) is 4.33. The lowest BCUT2D eigenvalue weighted by Crippen LogP contribution is -2.31. The maximum Gasteiger partial charge on any atom is 0.163 e. The van der Waals surface area contributed by atoms with Gasteiger partial charge in [0.2, 0.25) is 0 Å². The molecule has 2 atom stereocenters. The molecule has 0 N–H and O–H groups in total. The second kappa shape index (κ2) is 3.11. The zero-order valence-corrected chi connectivity index (χ0v) is 7.89. The van der Waals surface area contributed by atoms with Crippen LogP contribution in [0.2, 0.25) is 0 Å². The zero-order valence-electron chi connectivity index (χ0n) is 7.89. The molecule has 11 heavy (non-hydrogen) atoms. The fourth-order valence-electron chi connectivity index (χ4n) is 1.32. The van der Waals surface area contributed by atoms with Crippen LogP contribution in [0, 0.1) is 5.92 Å². The molecular weight excluding hydrogens is 140 g/mol. The Morgan fingerprint density at radius 1 is 1.27 bits per heavy atom. The highest BCUT2D eigenvalue weighted by atomic mass is 16.7. The molecule has 1 rings (SSSR count). The van der Waals surface area contributed by atoms with Crippen LogP contribution in [0.15, 0.2) is 0 Å². The summed E-state index contributed by atoms with van der Waals surface area (Å²) in [5.74, 6) is 0.223. The molecule has 1 fully saturated rings. The van der Waals surface area contributed by atoms with Gasteiger partial charge in [-0.25, -0.2) is 0 Å². The summed E-state index contributed by atoms with van der Waals surface area (Å²) in [6.45, 7) is 9.08. The van der Waals surface area contributed by atoms with E-state index in [0.717, 1.165) is 13.0 Å². The molecule has 0 radical (unpaired) electrons. The average Bonchev–Trinajstić information content (AvgIpc) is 1.93. The number of hydrogen-bond donors (Lipinski definition) is 0. The lowest BCUT2D eigenvalue weighted by Gasteiger charge is -2.26. The van der Waals surface area contributed by atoms with Crippen LogP contribution in [-0.4, -0.2) is 18.5 Å². The van der Waals surface area contributed by atoms with Crippen LogP contribution in [0.25, 0.3) is 0 Å². The second-order valence-electron chi connectivity index (χ2n) is 3.84. The zero-order chi connectivity index (χ0) is 8.48. The minimum Gasteiger partial charge on any atom is -0.351 e. The standard InChI is InChI=1S/C9H18O2/c1-7-5-6-10-9(3,4)11-8(7)2/h7-8H,5-6H2,1-4H3. The van der Waals surface area contributed by atoms with Gasteiger partial charge in [-0.05, 0) is 33.1 Å². The Morgan fingerprint density at radius 2 is 1.91 bits per heavy atom. The Bertz CT molecular complexity index is 132. The van der Waals surface area contributed by atoms with Crippen LogP contribution in [0.1, 0.15) is 34.1 Å². The highest BCUT2D eigenvalue weighted by molar-refractivity contribution is 4.69. The van der Waals surface area contributed by atoms with E-state index >= 15 is 0 Å². The summed E-state index contributed by atoms with van der Waals surface area (Å²) in [5.41, 5.74) is 0. The van der Waals surface area contributed by atoms with E-state index in [-0.39, 0.29) is 5.79 Å². The molecule has 0 aromatic rings. The summed E-state index contributed by atoms with van der Waals surface area (Å²) in [6, 6.07) is 0. The molecule has 0 aromatic carbocycles. The van der Waals surface area contributed by atoms with Gasteiger partial charge in [0.05, 0.1) is 12.7 Å². The van der Waals surface area contributed by atoms with Crippen molar-refractivity contribution in [2.75, 3.05) is 6.61 Å². The molecule has 2 nitrogen and oxygen atoms in total. The molecule has 1 saturated heterocycles. The van der Waals surface area contributed by atoms with Crippen molar-refractivity contribution in [1.82, 2.24) is 0 Å². The van der Waals surface area contributed by atoms with E-state index in [2.05, 4.69) is 13.8 Å². The molecule has 66 valence electrons. The molecule has 0 spiro atoms. The third kappa shape index (κ3) is 2.46. The summed E-state index contributed by atoms with van der Waals surface area (Å²) < 4.78 is 11.2. The minimum absolute atomic E-state index is 0.312. The quantitative estimate of drug-likeness (QED) is 0.538. The van der Waals surface area contributed by atoms with E-state index in [0.29, 0.717) is 12.0 Å². The Balaban J connectivity index is 2.55. The second-order valence-corrected chi connectivity index (χ2v) is 3.84. The molecule has 2 unspecified atom stereocenters. The van der Waals surface area contributed by atoms with Crippen LogP contribution >= 0.6 is 0 Å². The monoisotopic (exact) mass is 158 g/mol. The van der Waals surface area contributed by atoms with E-state index in [1.165, 1.54) is 0 Å². The van der Waals surface area contributed by atoms with Crippen molar-refractivity contribution < 1.29 is 9.47 Å².